The molecular formula is C13H12N6O2. The molecule has 3 rings (SSSR count). The Bertz CT molecular complexity index is 800. The van der Waals surface area contributed by atoms with Gasteiger partial charge in [-0.05, 0) is 29.5 Å². The van der Waals surface area contributed by atoms with E-state index in [0.29, 0.717) is 11.5 Å². The highest BCUT2D eigenvalue weighted by Crippen LogP contribution is 2.20. The van der Waals surface area contributed by atoms with Crippen molar-refractivity contribution in [3.8, 4) is 11.5 Å². The number of benzene rings is 1. The van der Waals surface area contributed by atoms with Gasteiger partial charge in [0, 0.05) is 0 Å². The van der Waals surface area contributed by atoms with Crippen molar-refractivity contribution in [2.24, 2.45) is 0 Å². The molecule has 0 saturated heterocycles. The van der Waals surface area contributed by atoms with Crippen molar-refractivity contribution in [1.82, 2.24) is 30.2 Å². The van der Waals surface area contributed by atoms with E-state index in [-0.39, 0.29) is 12.5 Å². The Balaban J connectivity index is 2.03. The summed E-state index contributed by atoms with van der Waals surface area (Å²) in [6.45, 7) is 1.74. The Labute approximate surface area is 119 Å². The molecule has 21 heavy (non-hydrogen) atoms. The molecule has 0 amide bonds. The average molecular weight is 284 g/mol. The van der Waals surface area contributed by atoms with Crippen molar-refractivity contribution >= 4 is 17.0 Å². The Hall–Kier alpha value is -2.90. The molecule has 0 aliphatic rings. The number of hydrogen-bond donors (Lipinski definition) is 1. The molecule has 1 unspecified atom stereocenters. The number of carboxylic acid groups (broad SMARTS) is 1. The Morgan fingerprint density at radius 3 is 2.86 bits per heavy atom. The second-order valence-electron chi connectivity index (χ2n) is 4.64. The fraction of sp³-hybridized carbons (Fsp3) is 0.231. The van der Waals surface area contributed by atoms with Gasteiger partial charge in [-0.15, -0.1) is 5.10 Å². The van der Waals surface area contributed by atoms with Crippen LogP contribution in [-0.2, 0) is 4.79 Å². The molecule has 0 fully saturated rings. The van der Waals surface area contributed by atoms with E-state index in [9.17, 15) is 4.79 Å². The minimum Gasteiger partial charge on any atom is -0.481 e. The number of nitrogens with zero attached hydrogens (tertiary/aromatic N) is 6. The SMILES string of the molecule is CC(CC(=O)O)n1nnnc1-c1cnc2ccccc2n1. The first-order valence-corrected chi connectivity index (χ1v) is 6.37. The molecule has 0 saturated carbocycles. The van der Waals surface area contributed by atoms with Gasteiger partial charge < -0.3 is 5.11 Å². The molecule has 1 atom stereocenters. The largest absolute Gasteiger partial charge is 0.481 e. The summed E-state index contributed by atoms with van der Waals surface area (Å²) < 4.78 is 1.45. The molecule has 1 aromatic carbocycles. The number of para-hydroxylation sites is 2. The van der Waals surface area contributed by atoms with Crippen molar-refractivity contribution in [3.05, 3.63) is 30.5 Å². The Morgan fingerprint density at radius 2 is 2.10 bits per heavy atom. The molecular weight excluding hydrogens is 272 g/mol. The predicted molar refractivity (Wildman–Crippen MR) is 73.3 cm³/mol. The summed E-state index contributed by atoms with van der Waals surface area (Å²) in [5, 5.41) is 20.3. The first kappa shape index (κ1) is 13.1. The highest BCUT2D eigenvalue weighted by Gasteiger charge is 2.18. The number of aromatic nitrogens is 6. The van der Waals surface area contributed by atoms with Gasteiger partial charge in [0.1, 0.15) is 5.69 Å². The van der Waals surface area contributed by atoms with Crippen LogP contribution in [0.2, 0.25) is 0 Å². The lowest BCUT2D eigenvalue weighted by Crippen LogP contribution is -2.13. The number of carboxylic acids is 1. The first-order valence-electron chi connectivity index (χ1n) is 6.37. The van der Waals surface area contributed by atoms with E-state index in [0.717, 1.165) is 11.0 Å². The van der Waals surface area contributed by atoms with E-state index < -0.39 is 5.97 Å². The highest BCUT2D eigenvalue weighted by atomic mass is 16.4. The summed E-state index contributed by atoms with van der Waals surface area (Å²) in [7, 11) is 0. The maximum atomic E-state index is 10.8. The van der Waals surface area contributed by atoms with Crippen LogP contribution in [0.1, 0.15) is 19.4 Å². The zero-order valence-corrected chi connectivity index (χ0v) is 11.2. The lowest BCUT2D eigenvalue weighted by atomic mass is 10.2. The molecule has 106 valence electrons. The third-order valence-corrected chi connectivity index (χ3v) is 3.06. The number of rotatable bonds is 4. The molecule has 2 aromatic heterocycles. The number of fused-ring (bicyclic) bond motifs is 1. The normalized spacial score (nSPS) is 12.4. The topological polar surface area (TPSA) is 107 Å². The zero-order chi connectivity index (χ0) is 14.8. The number of tetrazole rings is 1. The summed E-state index contributed by atoms with van der Waals surface area (Å²) >= 11 is 0. The van der Waals surface area contributed by atoms with E-state index in [1.54, 1.807) is 13.1 Å². The Morgan fingerprint density at radius 1 is 1.33 bits per heavy atom. The monoisotopic (exact) mass is 284 g/mol. The molecule has 2 heterocycles. The smallest absolute Gasteiger partial charge is 0.305 e. The number of hydrogen-bond acceptors (Lipinski definition) is 6. The lowest BCUT2D eigenvalue weighted by molar-refractivity contribution is -0.137. The van der Waals surface area contributed by atoms with Crippen LogP contribution in [0, 0.1) is 0 Å². The molecule has 0 spiro atoms. The quantitative estimate of drug-likeness (QED) is 0.769. The van der Waals surface area contributed by atoms with E-state index in [2.05, 4.69) is 25.5 Å². The first-order chi connectivity index (χ1) is 10.1. The van der Waals surface area contributed by atoms with Crippen molar-refractivity contribution in [2.45, 2.75) is 19.4 Å². The molecule has 3 aromatic rings. The van der Waals surface area contributed by atoms with Crippen LogP contribution in [-0.4, -0.2) is 41.3 Å². The fourth-order valence-corrected chi connectivity index (χ4v) is 2.06. The van der Waals surface area contributed by atoms with Crippen LogP contribution in [0.15, 0.2) is 30.5 Å². The molecule has 0 aliphatic carbocycles. The summed E-state index contributed by atoms with van der Waals surface area (Å²) in [6, 6.07) is 7.09. The van der Waals surface area contributed by atoms with Gasteiger partial charge in [0.15, 0.2) is 0 Å². The number of carbonyl (C=O) groups is 1. The van der Waals surface area contributed by atoms with Gasteiger partial charge in [-0.3, -0.25) is 9.78 Å². The predicted octanol–water partition coefficient (Wildman–Crippen LogP) is 1.32. The summed E-state index contributed by atoms with van der Waals surface area (Å²) in [5.41, 5.74) is 2.02. The van der Waals surface area contributed by atoms with E-state index in [4.69, 9.17) is 5.11 Å². The molecule has 0 radical (unpaired) electrons. The van der Waals surface area contributed by atoms with E-state index in [1.807, 2.05) is 24.3 Å². The van der Waals surface area contributed by atoms with Crippen LogP contribution in [0.5, 0.6) is 0 Å². The van der Waals surface area contributed by atoms with Gasteiger partial charge in [0.2, 0.25) is 5.82 Å². The van der Waals surface area contributed by atoms with Gasteiger partial charge in [-0.1, -0.05) is 12.1 Å². The maximum Gasteiger partial charge on any atom is 0.305 e. The third kappa shape index (κ3) is 2.55. The van der Waals surface area contributed by atoms with Crippen LogP contribution >= 0.6 is 0 Å². The van der Waals surface area contributed by atoms with Gasteiger partial charge in [0.25, 0.3) is 0 Å². The van der Waals surface area contributed by atoms with Crippen molar-refractivity contribution in [2.75, 3.05) is 0 Å². The highest BCUT2D eigenvalue weighted by molar-refractivity contribution is 5.75. The molecule has 8 heteroatoms. The lowest BCUT2D eigenvalue weighted by Gasteiger charge is -2.10. The maximum absolute atomic E-state index is 10.8. The fourth-order valence-electron chi connectivity index (χ4n) is 2.06. The molecule has 0 bridgehead atoms. The van der Waals surface area contributed by atoms with Crippen LogP contribution in [0.4, 0.5) is 0 Å². The molecule has 0 aliphatic heterocycles. The standard InChI is InChI=1S/C13H12N6O2/c1-8(6-12(20)21)19-13(16-17-18-19)11-7-14-9-4-2-3-5-10(9)15-11/h2-5,7-8H,6H2,1H3,(H,20,21). The molecule has 1 N–H and O–H groups in total. The van der Waals surface area contributed by atoms with Crippen LogP contribution in [0.25, 0.3) is 22.6 Å². The number of aliphatic carboxylic acids is 1. The Kier molecular flexibility index (Phi) is 3.27. The van der Waals surface area contributed by atoms with Crippen LogP contribution < -0.4 is 0 Å². The summed E-state index contributed by atoms with van der Waals surface area (Å²) in [5.74, 6) is -0.504. The van der Waals surface area contributed by atoms with Crippen molar-refractivity contribution < 1.29 is 9.90 Å². The average Bonchev–Trinajstić information content (AvgIpc) is 2.95. The zero-order valence-electron chi connectivity index (χ0n) is 11.2. The van der Waals surface area contributed by atoms with Gasteiger partial charge in [-0.25, -0.2) is 9.67 Å². The minimum absolute atomic E-state index is 0.0704. The third-order valence-electron chi connectivity index (χ3n) is 3.06. The molecule has 8 nitrogen and oxygen atoms in total. The van der Waals surface area contributed by atoms with Crippen LogP contribution in [0.3, 0.4) is 0 Å². The van der Waals surface area contributed by atoms with Gasteiger partial charge >= 0.3 is 5.97 Å². The summed E-state index contributed by atoms with van der Waals surface area (Å²) in [6.07, 6.45) is 1.51. The van der Waals surface area contributed by atoms with Crippen molar-refractivity contribution in [1.29, 1.82) is 0 Å². The summed E-state index contributed by atoms with van der Waals surface area (Å²) in [4.78, 5) is 19.6. The second kappa shape index (κ2) is 5.23. The van der Waals surface area contributed by atoms with Gasteiger partial charge in [0.05, 0.1) is 29.7 Å². The minimum atomic E-state index is -0.909. The second-order valence-corrected chi connectivity index (χ2v) is 4.64. The van der Waals surface area contributed by atoms with Gasteiger partial charge in [-0.2, -0.15) is 0 Å². The van der Waals surface area contributed by atoms with E-state index in [1.165, 1.54) is 4.68 Å². The van der Waals surface area contributed by atoms with Crippen molar-refractivity contribution in [3.63, 3.8) is 0 Å². The van der Waals surface area contributed by atoms with E-state index >= 15 is 0 Å².